The zero-order chi connectivity index (χ0) is 19.3. The van der Waals surface area contributed by atoms with Gasteiger partial charge < -0.3 is 14.2 Å². The van der Waals surface area contributed by atoms with Gasteiger partial charge in [-0.25, -0.2) is 0 Å². The van der Waals surface area contributed by atoms with Crippen molar-refractivity contribution >= 4 is 49.9 Å². The van der Waals surface area contributed by atoms with Crippen molar-refractivity contribution in [3.8, 4) is 17.2 Å². The summed E-state index contributed by atoms with van der Waals surface area (Å²) in [5, 5.41) is 1.19. The molecule has 0 bridgehead atoms. The van der Waals surface area contributed by atoms with E-state index in [0.717, 1.165) is 5.30 Å². The Balaban J connectivity index is 0.00000364. The number of halogens is 1. The van der Waals surface area contributed by atoms with Gasteiger partial charge in [0.2, 0.25) is 0 Å². The van der Waals surface area contributed by atoms with E-state index in [4.69, 9.17) is 25.8 Å². The van der Waals surface area contributed by atoms with Crippen LogP contribution >= 0.6 is 20.2 Å². The van der Waals surface area contributed by atoms with Crippen molar-refractivity contribution in [2.75, 3.05) is 7.11 Å². The van der Waals surface area contributed by atoms with E-state index >= 15 is 0 Å². The third-order valence-electron chi connectivity index (χ3n) is 3.36. The number of carbonyl (C=O) groups excluding carboxylic acids is 1. The number of ether oxygens (including phenoxy) is 3. The summed E-state index contributed by atoms with van der Waals surface area (Å²) in [5.74, 6) is 1.84. The Kier molecular flexibility index (Phi) is 9.71. The van der Waals surface area contributed by atoms with Gasteiger partial charge in [-0.3, -0.25) is 4.79 Å². The van der Waals surface area contributed by atoms with Crippen LogP contribution in [0.25, 0.3) is 0 Å². The topological polar surface area (TPSA) is 44.8 Å². The molecule has 2 rings (SSSR count). The molecule has 0 aliphatic heterocycles. The first-order valence-electron chi connectivity index (χ1n) is 8.43. The minimum absolute atomic E-state index is 0. The third kappa shape index (κ3) is 6.74. The summed E-state index contributed by atoms with van der Waals surface area (Å²) in [6.45, 7) is 7.82. The quantitative estimate of drug-likeness (QED) is 0.475. The molecule has 1 unspecified atom stereocenters. The van der Waals surface area contributed by atoms with Gasteiger partial charge in [0.1, 0.15) is 17.2 Å². The van der Waals surface area contributed by atoms with E-state index in [0.29, 0.717) is 27.8 Å². The van der Waals surface area contributed by atoms with Gasteiger partial charge in [-0.15, -0.1) is 0 Å². The van der Waals surface area contributed by atoms with Crippen LogP contribution in [0.3, 0.4) is 0 Å². The van der Waals surface area contributed by atoms with Crippen LogP contribution in [-0.4, -0.2) is 43.7 Å². The second-order valence-electron chi connectivity index (χ2n) is 6.26. The van der Waals surface area contributed by atoms with Gasteiger partial charge in [0, 0.05) is 30.2 Å². The van der Waals surface area contributed by atoms with Gasteiger partial charge in [0.25, 0.3) is 0 Å². The molecule has 0 spiro atoms. The molecule has 0 aromatic heterocycles. The molecule has 4 nitrogen and oxygen atoms in total. The number of hydrogen-bond donors (Lipinski definition) is 0. The molecule has 0 aliphatic carbocycles. The predicted octanol–water partition coefficient (Wildman–Crippen LogP) is 4.69. The van der Waals surface area contributed by atoms with Gasteiger partial charge in [-0.05, 0) is 60.5 Å². The first-order valence-corrected chi connectivity index (χ1v) is 9.80. The zero-order valence-electron chi connectivity index (χ0n) is 16.6. The zero-order valence-corrected chi connectivity index (χ0v) is 18.4. The molecule has 2 aromatic rings. The molecule has 0 aliphatic rings. The second-order valence-corrected chi connectivity index (χ2v) is 7.91. The summed E-state index contributed by atoms with van der Waals surface area (Å²) >= 11 is 6.23. The summed E-state index contributed by atoms with van der Waals surface area (Å²) in [4.78, 5) is 12.9. The van der Waals surface area contributed by atoms with Gasteiger partial charge in [-0.1, -0.05) is 17.7 Å². The molecular formula is C20H24ClLiO4P. The van der Waals surface area contributed by atoms with E-state index in [9.17, 15) is 4.79 Å². The summed E-state index contributed by atoms with van der Waals surface area (Å²) in [5.41, 5.74) is 0.298. The van der Waals surface area contributed by atoms with Crippen molar-refractivity contribution in [2.45, 2.75) is 39.9 Å². The fraction of sp³-hybridized carbons (Fsp3) is 0.350. The fourth-order valence-corrected chi connectivity index (χ4v) is 3.76. The molecule has 2 aromatic carbocycles. The van der Waals surface area contributed by atoms with Crippen LogP contribution in [0.2, 0.25) is 5.02 Å². The largest absolute Gasteiger partial charge is 0.496 e. The van der Waals surface area contributed by atoms with E-state index in [1.54, 1.807) is 18.2 Å². The molecule has 141 valence electrons. The van der Waals surface area contributed by atoms with Gasteiger partial charge >= 0.3 is 0 Å². The van der Waals surface area contributed by atoms with E-state index in [2.05, 4.69) is 0 Å². The Labute approximate surface area is 179 Å². The van der Waals surface area contributed by atoms with Crippen molar-refractivity contribution in [3.63, 3.8) is 0 Å². The van der Waals surface area contributed by atoms with Crippen molar-refractivity contribution in [2.24, 2.45) is 0 Å². The molecule has 0 heterocycles. The normalized spacial score (nSPS) is 11.0. The molecule has 0 saturated heterocycles. The Morgan fingerprint density at radius 1 is 1.00 bits per heavy atom. The van der Waals surface area contributed by atoms with Crippen LogP contribution in [0.5, 0.6) is 17.2 Å². The van der Waals surface area contributed by atoms with Crippen LogP contribution < -0.4 is 19.5 Å². The van der Waals surface area contributed by atoms with Crippen molar-refractivity contribution in [1.29, 1.82) is 0 Å². The van der Waals surface area contributed by atoms with Crippen LogP contribution in [-0.2, 0) is 0 Å². The average molecular weight is 402 g/mol. The Hall–Kier alpha value is -1.17. The summed E-state index contributed by atoms with van der Waals surface area (Å²) in [6.07, 6.45) is 0.0435. The maximum absolute atomic E-state index is 12.9. The van der Waals surface area contributed by atoms with Crippen LogP contribution in [0.15, 0.2) is 36.4 Å². The Morgan fingerprint density at radius 3 is 2.26 bits per heavy atom. The third-order valence-corrected chi connectivity index (χ3v) is 4.83. The van der Waals surface area contributed by atoms with Gasteiger partial charge in [0.05, 0.1) is 29.9 Å². The van der Waals surface area contributed by atoms with Crippen molar-refractivity contribution < 1.29 is 19.0 Å². The van der Waals surface area contributed by atoms with E-state index in [1.807, 2.05) is 45.9 Å². The van der Waals surface area contributed by atoms with E-state index < -0.39 is 0 Å². The Morgan fingerprint density at radius 2 is 1.67 bits per heavy atom. The van der Waals surface area contributed by atoms with Crippen LogP contribution in [0.4, 0.5) is 0 Å². The average Bonchev–Trinajstić information content (AvgIpc) is 2.55. The van der Waals surface area contributed by atoms with Crippen molar-refractivity contribution in [1.82, 2.24) is 0 Å². The maximum Gasteiger partial charge on any atom is 0.190 e. The number of hydrogen-bond acceptors (Lipinski definition) is 4. The summed E-state index contributed by atoms with van der Waals surface area (Å²) in [6, 6.07) is 10.7. The molecule has 0 amide bonds. The molecule has 0 N–H and O–H groups in total. The Bertz CT molecular complexity index is 781. The number of benzene rings is 2. The first kappa shape index (κ1) is 23.9. The molecule has 7 heteroatoms. The SMILES string of the molecule is COc1cccc(Cl)c1C(=O)Pc1ccc(OC(C)C)cc1OC(C)C.[Li]. The predicted molar refractivity (Wildman–Crippen MR) is 114 cm³/mol. The van der Waals surface area contributed by atoms with E-state index in [-0.39, 0.29) is 45.2 Å². The van der Waals surface area contributed by atoms with Crippen LogP contribution in [0.1, 0.15) is 38.1 Å². The molecule has 0 saturated carbocycles. The monoisotopic (exact) mass is 401 g/mol. The first-order chi connectivity index (χ1) is 12.3. The minimum Gasteiger partial charge on any atom is -0.496 e. The second kappa shape index (κ2) is 11.0. The number of rotatable bonds is 8. The number of carbonyl (C=O) groups is 1. The molecule has 0 fully saturated rings. The maximum atomic E-state index is 12.9. The van der Waals surface area contributed by atoms with Gasteiger partial charge in [0.15, 0.2) is 5.52 Å². The number of methoxy groups -OCH3 is 1. The minimum atomic E-state index is -0.142. The van der Waals surface area contributed by atoms with Crippen LogP contribution in [0, 0.1) is 0 Å². The van der Waals surface area contributed by atoms with Crippen molar-refractivity contribution in [3.05, 3.63) is 47.0 Å². The van der Waals surface area contributed by atoms with E-state index in [1.165, 1.54) is 7.11 Å². The fourth-order valence-electron chi connectivity index (χ4n) is 2.38. The molecular weight excluding hydrogens is 378 g/mol. The summed E-state index contributed by atoms with van der Waals surface area (Å²) in [7, 11) is 1.38. The van der Waals surface area contributed by atoms with Gasteiger partial charge in [-0.2, -0.15) is 0 Å². The molecule has 1 atom stereocenters. The smallest absolute Gasteiger partial charge is 0.190 e. The standard InChI is InChI=1S/C20H24ClO4P.Li/c1-12(2)24-14-9-10-18(17(11-14)25-13(3)4)26-20(22)19-15(21)7-6-8-16(19)23-5;/h6-13,26H,1-5H3;. The molecule has 1 radical (unpaired) electrons. The molecule has 27 heavy (non-hydrogen) atoms. The summed E-state index contributed by atoms with van der Waals surface area (Å²) < 4.78 is 16.9.